The summed E-state index contributed by atoms with van der Waals surface area (Å²) in [6.07, 6.45) is 5.55. The minimum Gasteiger partial charge on any atom is -0.340 e. The van der Waals surface area contributed by atoms with Gasteiger partial charge in [0.1, 0.15) is 5.82 Å². The van der Waals surface area contributed by atoms with Gasteiger partial charge >= 0.3 is 6.03 Å². The smallest absolute Gasteiger partial charge is 0.317 e. The Balaban J connectivity index is 1.31. The lowest BCUT2D eigenvalue weighted by atomic mass is 9.93. The number of anilines is 5. The standard InChI is InChI=1S/C29H35N7O2/c1-3-30-29(38)36-13-11-21(12-14-36)16-26(37)34-25-10-9-24-17-22(25)8-7-20-5-4-6-23(15-20)33-28-31-18-19(2)27(32-24)35-28/h4-6,9-10,15,17-18,21H,3,7-8,11-14,16H2,1-2H3,(H,30,38)(H,34,37)(H2,31,32,33,35). The molecule has 5 rings (SSSR count). The van der Waals surface area contributed by atoms with Gasteiger partial charge in [0, 0.05) is 54.9 Å². The second kappa shape index (κ2) is 11.5. The molecule has 1 saturated heterocycles. The first-order chi connectivity index (χ1) is 18.5. The first-order valence-corrected chi connectivity index (χ1v) is 13.4. The van der Waals surface area contributed by atoms with Gasteiger partial charge in [0.25, 0.3) is 0 Å². The van der Waals surface area contributed by atoms with Crippen LogP contribution in [0.15, 0.2) is 48.7 Å². The highest BCUT2D eigenvalue weighted by molar-refractivity contribution is 5.92. The zero-order valence-electron chi connectivity index (χ0n) is 22.0. The number of hydrogen-bond donors (Lipinski definition) is 4. The number of nitrogens with one attached hydrogen (secondary N) is 4. The fraction of sp³-hybridized carbons (Fsp3) is 0.379. The second-order valence-electron chi connectivity index (χ2n) is 10.1. The Kier molecular flexibility index (Phi) is 7.72. The summed E-state index contributed by atoms with van der Waals surface area (Å²) in [4.78, 5) is 36.1. The molecule has 0 unspecified atom stereocenters. The van der Waals surface area contributed by atoms with E-state index in [1.807, 2.05) is 43.0 Å². The van der Waals surface area contributed by atoms with Crippen LogP contribution >= 0.6 is 0 Å². The van der Waals surface area contributed by atoms with E-state index in [1.54, 1.807) is 6.20 Å². The van der Waals surface area contributed by atoms with Gasteiger partial charge in [0.2, 0.25) is 11.9 Å². The SMILES string of the molecule is CCNC(=O)N1CCC(CC(=O)Nc2ccc3cc2CCc2cccc(c2)Nc2ncc(C)c(n2)N3)CC1. The molecule has 3 heterocycles. The van der Waals surface area contributed by atoms with Crippen molar-refractivity contribution in [3.63, 3.8) is 0 Å². The highest BCUT2D eigenvalue weighted by Crippen LogP contribution is 2.28. The molecule has 9 nitrogen and oxygen atoms in total. The molecule has 2 aliphatic rings. The lowest BCUT2D eigenvalue weighted by Gasteiger charge is -2.31. The van der Waals surface area contributed by atoms with Crippen LogP contribution in [0.4, 0.5) is 33.6 Å². The molecule has 2 aliphatic heterocycles. The summed E-state index contributed by atoms with van der Waals surface area (Å²) in [5.74, 6) is 1.57. The van der Waals surface area contributed by atoms with Crippen LogP contribution in [-0.4, -0.2) is 46.4 Å². The number of nitrogens with zero attached hydrogens (tertiary/aromatic N) is 3. The van der Waals surface area contributed by atoms with E-state index in [0.29, 0.717) is 32.0 Å². The van der Waals surface area contributed by atoms with Crippen molar-refractivity contribution < 1.29 is 9.59 Å². The van der Waals surface area contributed by atoms with E-state index in [4.69, 9.17) is 0 Å². The summed E-state index contributed by atoms with van der Waals surface area (Å²) in [6.45, 7) is 5.89. The molecule has 4 N–H and O–H groups in total. The Morgan fingerprint density at radius 2 is 1.87 bits per heavy atom. The number of hydrogen-bond acceptors (Lipinski definition) is 6. The van der Waals surface area contributed by atoms with Crippen LogP contribution in [0.25, 0.3) is 0 Å². The minimum atomic E-state index is -0.0150. The van der Waals surface area contributed by atoms with Gasteiger partial charge in [-0.15, -0.1) is 0 Å². The molecule has 0 radical (unpaired) electrons. The monoisotopic (exact) mass is 513 g/mol. The van der Waals surface area contributed by atoms with E-state index in [-0.39, 0.29) is 17.9 Å². The van der Waals surface area contributed by atoms with E-state index in [0.717, 1.165) is 59.7 Å². The molecular formula is C29H35N7O2. The zero-order chi connectivity index (χ0) is 26.5. The molecule has 38 heavy (non-hydrogen) atoms. The number of urea groups is 1. The van der Waals surface area contributed by atoms with Crippen LogP contribution in [0.2, 0.25) is 0 Å². The summed E-state index contributed by atoms with van der Waals surface area (Å²) < 4.78 is 0. The van der Waals surface area contributed by atoms with Gasteiger partial charge in [-0.3, -0.25) is 4.79 Å². The van der Waals surface area contributed by atoms with Gasteiger partial charge in [0.15, 0.2) is 0 Å². The third-order valence-electron chi connectivity index (χ3n) is 7.18. The summed E-state index contributed by atoms with van der Waals surface area (Å²) in [7, 11) is 0. The van der Waals surface area contributed by atoms with Gasteiger partial charge in [0.05, 0.1) is 0 Å². The normalized spacial score (nSPS) is 15.2. The number of rotatable bonds is 4. The first-order valence-electron chi connectivity index (χ1n) is 13.4. The fourth-order valence-electron chi connectivity index (χ4n) is 5.05. The number of benzene rings is 2. The van der Waals surface area contributed by atoms with Gasteiger partial charge in [-0.25, -0.2) is 9.78 Å². The number of carbonyl (C=O) groups excluding carboxylic acids is 2. The summed E-state index contributed by atoms with van der Waals surface area (Å²) in [6, 6.07) is 14.3. The number of likely N-dealkylation sites (tertiary alicyclic amines) is 1. The number of aromatic nitrogens is 2. The van der Waals surface area contributed by atoms with Crippen molar-refractivity contribution in [2.75, 3.05) is 35.6 Å². The Morgan fingerprint density at radius 3 is 2.68 bits per heavy atom. The van der Waals surface area contributed by atoms with E-state index in [2.05, 4.69) is 49.4 Å². The Hall–Kier alpha value is -4.14. The van der Waals surface area contributed by atoms with Crippen molar-refractivity contribution in [1.82, 2.24) is 20.2 Å². The molecule has 3 amide bonds. The fourth-order valence-corrected chi connectivity index (χ4v) is 5.05. The number of fused-ring (bicyclic) bond motifs is 6. The largest absolute Gasteiger partial charge is 0.340 e. The number of piperidine rings is 1. The van der Waals surface area contributed by atoms with Gasteiger partial charge in [-0.05, 0) is 86.9 Å². The van der Waals surface area contributed by atoms with Crippen LogP contribution in [0.1, 0.15) is 42.9 Å². The molecule has 6 bridgehead atoms. The average molecular weight is 514 g/mol. The summed E-state index contributed by atoms with van der Waals surface area (Å²) >= 11 is 0. The predicted molar refractivity (Wildman–Crippen MR) is 150 cm³/mol. The number of amides is 3. The second-order valence-corrected chi connectivity index (χ2v) is 10.1. The van der Waals surface area contributed by atoms with Crippen LogP contribution in [0.5, 0.6) is 0 Å². The van der Waals surface area contributed by atoms with Gasteiger partial charge in [-0.1, -0.05) is 12.1 Å². The maximum absolute atomic E-state index is 13.1. The summed E-state index contributed by atoms with van der Waals surface area (Å²) in [5, 5.41) is 12.8. The third-order valence-corrected chi connectivity index (χ3v) is 7.18. The molecule has 9 heteroatoms. The van der Waals surface area contributed by atoms with Gasteiger partial charge in [-0.2, -0.15) is 4.98 Å². The van der Waals surface area contributed by atoms with Crippen molar-refractivity contribution in [3.8, 4) is 0 Å². The van der Waals surface area contributed by atoms with Crippen LogP contribution in [-0.2, 0) is 17.6 Å². The minimum absolute atomic E-state index is 0.0150. The van der Waals surface area contributed by atoms with Crippen LogP contribution in [0.3, 0.4) is 0 Å². The van der Waals surface area contributed by atoms with E-state index in [1.165, 1.54) is 5.56 Å². The molecule has 2 aromatic carbocycles. The lowest BCUT2D eigenvalue weighted by Crippen LogP contribution is -2.44. The molecule has 0 saturated carbocycles. The molecule has 0 aliphatic carbocycles. The van der Waals surface area contributed by atoms with E-state index < -0.39 is 0 Å². The molecule has 1 fully saturated rings. The van der Waals surface area contributed by atoms with Crippen molar-refractivity contribution in [1.29, 1.82) is 0 Å². The molecular weight excluding hydrogens is 478 g/mol. The quantitative estimate of drug-likeness (QED) is 0.384. The molecule has 1 aromatic heterocycles. The average Bonchev–Trinajstić information content (AvgIpc) is 2.91. The van der Waals surface area contributed by atoms with E-state index >= 15 is 0 Å². The van der Waals surface area contributed by atoms with Crippen molar-refractivity contribution >= 4 is 40.8 Å². The van der Waals surface area contributed by atoms with Crippen LogP contribution in [0, 0.1) is 12.8 Å². The predicted octanol–water partition coefficient (Wildman–Crippen LogP) is 5.14. The van der Waals surface area contributed by atoms with Crippen LogP contribution < -0.4 is 21.3 Å². The Bertz CT molecular complexity index is 1320. The Morgan fingerprint density at radius 1 is 1.05 bits per heavy atom. The maximum Gasteiger partial charge on any atom is 0.317 e. The van der Waals surface area contributed by atoms with Crippen molar-refractivity contribution in [2.24, 2.45) is 5.92 Å². The number of aryl methyl sites for hydroxylation is 3. The van der Waals surface area contributed by atoms with Gasteiger partial charge < -0.3 is 26.2 Å². The molecule has 0 spiro atoms. The topological polar surface area (TPSA) is 111 Å². The third kappa shape index (κ3) is 6.22. The van der Waals surface area contributed by atoms with E-state index in [9.17, 15) is 9.59 Å². The highest BCUT2D eigenvalue weighted by Gasteiger charge is 2.24. The molecule has 0 atom stereocenters. The maximum atomic E-state index is 13.1. The zero-order valence-corrected chi connectivity index (χ0v) is 22.0. The van der Waals surface area contributed by atoms with Crippen molar-refractivity contribution in [3.05, 3.63) is 65.4 Å². The lowest BCUT2D eigenvalue weighted by molar-refractivity contribution is -0.117. The molecule has 3 aromatic rings. The Labute approximate surface area is 223 Å². The molecule has 198 valence electrons. The summed E-state index contributed by atoms with van der Waals surface area (Å²) in [5.41, 5.74) is 5.89. The van der Waals surface area contributed by atoms with Crippen molar-refractivity contribution in [2.45, 2.75) is 46.0 Å². The first kappa shape index (κ1) is 25.5. The highest BCUT2D eigenvalue weighted by atomic mass is 16.2. The number of carbonyl (C=O) groups is 2.